The number of fused-ring (bicyclic) bond motifs is 2. The van der Waals surface area contributed by atoms with Crippen LogP contribution in [0.5, 0.6) is 5.88 Å². The quantitative estimate of drug-likeness (QED) is 0.413. The van der Waals surface area contributed by atoms with E-state index in [4.69, 9.17) is 27.1 Å². The molecular formula is C29H29ClF3N5O3. The third-order valence-corrected chi connectivity index (χ3v) is 7.97. The van der Waals surface area contributed by atoms with Crippen LogP contribution in [-0.2, 0) is 16.4 Å². The van der Waals surface area contributed by atoms with Crippen LogP contribution in [0.3, 0.4) is 0 Å². The number of benzene rings is 1. The number of pyridine rings is 2. The van der Waals surface area contributed by atoms with Gasteiger partial charge in [-0.15, -0.1) is 0 Å². The van der Waals surface area contributed by atoms with Gasteiger partial charge in [-0.2, -0.15) is 13.2 Å². The van der Waals surface area contributed by atoms with Gasteiger partial charge in [-0.3, -0.25) is 9.59 Å². The van der Waals surface area contributed by atoms with Gasteiger partial charge in [-0.05, 0) is 61.7 Å². The number of rotatable bonds is 7. The second-order valence-electron chi connectivity index (χ2n) is 10.3. The highest BCUT2D eigenvalue weighted by Crippen LogP contribution is 2.45. The minimum absolute atomic E-state index is 0.0141. The number of ether oxygens (including phenoxy) is 1. The predicted octanol–water partition coefficient (Wildman–Crippen LogP) is 5.08. The van der Waals surface area contributed by atoms with E-state index >= 15 is 0 Å². The van der Waals surface area contributed by atoms with Gasteiger partial charge in [0.15, 0.2) is 0 Å². The molecule has 8 nitrogen and oxygen atoms in total. The van der Waals surface area contributed by atoms with E-state index in [1.165, 1.54) is 12.1 Å². The largest absolute Gasteiger partial charge is 0.477 e. The average molecular weight is 588 g/mol. The molecule has 0 unspecified atom stereocenters. The summed E-state index contributed by atoms with van der Waals surface area (Å²) in [5.41, 5.74) is 6.25. The van der Waals surface area contributed by atoms with Crippen molar-refractivity contribution < 1.29 is 27.5 Å². The van der Waals surface area contributed by atoms with Crippen molar-refractivity contribution in [1.29, 1.82) is 0 Å². The lowest BCUT2D eigenvalue weighted by molar-refractivity contribution is -0.137. The third-order valence-electron chi connectivity index (χ3n) is 7.73. The lowest BCUT2D eigenvalue weighted by Gasteiger charge is -2.48. The van der Waals surface area contributed by atoms with Gasteiger partial charge in [0.25, 0.3) is 5.91 Å². The Labute approximate surface area is 240 Å². The second-order valence-corrected chi connectivity index (χ2v) is 10.7. The van der Waals surface area contributed by atoms with Crippen LogP contribution < -0.4 is 15.4 Å². The predicted molar refractivity (Wildman–Crippen MR) is 148 cm³/mol. The van der Waals surface area contributed by atoms with Gasteiger partial charge < -0.3 is 20.3 Å². The molecule has 2 aromatic heterocycles. The molecule has 4 heterocycles. The molecule has 2 aliphatic heterocycles. The maximum Gasteiger partial charge on any atom is 0.418 e. The average Bonchev–Trinajstić information content (AvgIpc) is 2.94. The van der Waals surface area contributed by atoms with E-state index in [1.54, 1.807) is 22.1 Å². The molecule has 12 heteroatoms. The number of carbonyl (C=O) groups is 2. The van der Waals surface area contributed by atoms with E-state index in [9.17, 15) is 22.8 Å². The van der Waals surface area contributed by atoms with Gasteiger partial charge in [-0.1, -0.05) is 17.7 Å². The normalized spacial score (nSPS) is 16.6. The number of piperidine rings is 1. The molecule has 0 radical (unpaired) electrons. The summed E-state index contributed by atoms with van der Waals surface area (Å²) in [4.78, 5) is 37.6. The Morgan fingerprint density at radius 1 is 1.17 bits per heavy atom. The summed E-state index contributed by atoms with van der Waals surface area (Å²) >= 11 is 5.89. The first kappa shape index (κ1) is 28.7. The summed E-state index contributed by atoms with van der Waals surface area (Å²) in [6, 6.07) is 11.1. The summed E-state index contributed by atoms with van der Waals surface area (Å²) in [6.45, 7) is 3.32. The van der Waals surface area contributed by atoms with Gasteiger partial charge in [0, 0.05) is 54.9 Å². The Morgan fingerprint density at radius 2 is 1.93 bits per heavy atom. The van der Waals surface area contributed by atoms with Crippen LogP contribution in [0, 0.1) is 0 Å². The van der Waals surface area contributed by atoms with Gasteiger partial charge in [-0.25, -0.2) is 9.97 Å². The van der Waals surface area contributed by atoms with Crippen molar-refractivity contribution in [3.63, 3.8) is 0 Å². The maximum absolute atomic E-state index is 13.8. The van der Waals surface area contributed by atoms with Crippen LogP contribution in [0.2, 0.25) is 5.02 Å². The zero-order chi connectivity index (χ0) is 29.4. The van der Waals surface area contributed by atoms with Crippen LogP contribution in [0.4, 0.5) is 18.9 Å². The van der Waals surface area contributed by atoms with Crippen LogP contribution >= 0.6 is 11.6 Å². The first-order valence-electron chi connectivity index (χ1n) is 13.3. The Morgan fingerprint density at radius 3 is 2.61 bits per heavy atom. The second kappa shape index (κ2) is 11.2. The number of alkyl halides is 3. The fourth-order valence-corrected chi connectivity index (χ4v) is 5.92. The molecule has 0 bridgehead atoms. The number of hydrogen-bond donors (Lipinski definition) is 1. The topological polar surface area (TPSA) is 102 Å². The molecule has 0 atom stereocenters. The van der Waals surface area contributed by atoms with Crippen molar-refractivity contribution in [3.8, 4) is 17.1 Å². The number of aromatic nitrogens is 2. The monoisotopic (exact) mass is 587 g/mol. The van der Waals surface area contributed by atoms with Gasteiger partial charge in [0.05, 0.1) is 23.4 Å². The minimum Gasteiger partial charge on any atom is -0.477 e. The van der Waals surface area contributed by atoms with Gasteiger partial charge in [0.1, 0.15) is 5.69 Å². The zero-order valence-corrected chi connectivity index (χ0v) is 23.1. The van der Waals surface area contributed by atoms with Gasteiger partial charge >= 0.3 is 6.18 Å². The summed E-state index contributed by atoms with van der Waals surface area (Å²) < 4.78 is 47.2. The van der Waals surface area contributed by atoms with Crippen molar-refractivity contribution in [1.82, 2.24) is 14.9 Å². The fraction of sp³-hybridized carbons (Fsp3) is 0.379. The highest BCUT2D eigenvalue weighted by molar-refractivity contribution is 6.30. The number of halogens is 4. The summed E-state index contributed by atoms with van der Waals surface area (Å²) in [5, 5.41) is 0.0161. The number of nitrogens with two attached hydrogens (primary N) is 1. The Kier molecular flexibility index (Phi) is 7.83. The number of hydrogen-bond acceptors (Lipinski definition) is 6. The molecule has 2 aliphatic rings. The number of nitrogens with zero attached hydrogens (tertiary/aromatic N) is 4. The smallest absolute Gasteiger partial charge is 0.418 e. The van der Waals surface area contributed by atoms with E-state index in [1.807, 2.05) is 25.1 Å². The van der Waals surface area contributed by atoms with E-state index < -0.39 is 23.1 Å². The molecule has 1 fully saturated rings. The Bertz CT molecular complexity index is 1470. The molecular weight excluding hydrogens is 559 g/mol. The molecule has 0 aliphatic carbocycles. The molecule has 3 aromatic rings. The molecule has 5 rings (SSSR count). The molecule has 216 valence electrons. The summed E-state index contributed by atoms with van der Waals surface area (Å²) in [7, 11) is 0. The van der Waals surface area contributed by atoms with Crippen molar-refractivity contribution in [3.05, 3.63) is 70.5 Å². The van der Waals surface area contributed by atoms with Crippen LogP contribution in [0.15, 0.2) is 48.7 Å². The number of carbonyl (C=O) groups excluding carboxylic acids is 2. The van der Waals surface area contributed by atoms with E-state index in [0.717, 1.165) is 11.6 Å². The van der Waals surface area contributed by atoms with Crippen LogP contribution in [0.1, 0.15) is 47.8 Å². The molecule has 1 saturated heterocycles. The molecule has 41 heavy (non-hydrogen) atoms. The molecule has 2 N–H and O–H groups in total. The van der Waals surface area contributed by atoms with Crippen LogP contribution in [0.25, 0.3) is 11.3 Å². The molecule has 1 aromatic carbocycles. The number of amides is 2. The van der Waals surface area contributed by atoms with E-state index in [0.29, 0.717) is 56.2 Å². The van der Waals surface area contributed by atoms with Gasteiger partial charge in [0.2, 0.25) is 11.8 Å². The van der Waals surface area contributed by atoms with Crippen molar-refractivity contribution in [2.75, 3.05) is 37.7 Å². The number of anilines is 1. The first-order valence-corrected chi connectivity index (χ1v) is 13.7. The van der Waals surface area contributed by atoms with E-state index in [2.05, 4.69) is 4.98 Å². The number of primary amides is 1. The highest BCUT2D eigenvalue weighted by atomic mass is 35.5. The summed E-state index contributed by atoms with van der Waals surface area (Å²) in [6.07, 6.45) is -2.02. The Balaban J connectivity index is 1.52. The molecule has 2 amide bonds. The lowest BCUT2D eigenvalue weighted by atomic mass is 9.69. The summed E-state index contributed by atoms with van der Waals surface area (Å²) in [5.74, 6) is -0.467. The van der Waals surface area contributed by atoms with Crippen molar-refractivity contribution in [2.24, 2.45) is 5.73 Å². The fourth-order valence-electron chi connectivity index (χ4n) is 5.75. The van der Waals surface area contributed by atoms with Crippen LogP contribution in [-0.4, -0.2) is 59.5 Å². The SMILES string of the molecule is CCOc1ncccc1-c1ccc2c(n1)C(=O)N(CCC(N)=O)CC21CCN(c2ccc(Cl)cc2C(F)(F)F)CC1. The lowest BCUT2D eigenvalue weighted by Crippen LogP contribution is -2.55. The van der Waals surface area contributed by atoms with Crippen molar-refractivity contribution >= 4 is 29.1 Å². The molecule has 0 saturated carbocycles. The van der Waals surface area contributed by atoms with Crippen molar-refractivity contribution in [2.45, 2.75) is 37.8 Å². The Hall–Kier alpha value is -3.86. The zero-order valence-electron chi connectivity index (χ0n) is 22.4. The minimum atomic E-state index is -4.56. The first-order chi connectivity index (χ1) is 19.5. The maximum atomic E-state index is 13.8. The third kappa shape index (κ3) is 5.68. The standard InChI is InChI=1S/C29H29ClF3N5O3/c1-2-41-26-19(4-3-12-35-26)22-7-6-20-25(36-22)27(40)38(13-9-24(34)39)17-28(20)10-14-37(15-11-28)23-8-5-18(30)16-21(23)29(31,32)33/h3-8,12,16H,2,9-11,13-15,17H2,1H3,(H2,34,39). The highest BCUT2D eigenvalue weighted by Gasteiger charge is 2.46. The molecule has 1 spiro atoms. The van der Waals surface area contributed by atoms with E-state index in [-0.39, 0.29) is 35.3 Å².